The highest BCUT2D eigenvalue weighted by molar-refractivity contribution is 6.36. The molecule has 2 aromatic carbocycles. The van der Waals surface area contributed by atoms with Crippen LogP contribution in [0.2, 0.25) is 10.0 Å². The molecule has 0 aliphatic heterocycles. The first-order valence-electron chi connectivity index (χ1n) is 5.43. The van der Waals surface area contributed by atoms with E-state index >= 15 is 0 Å². The molecule has 0 heterocycles. The van der Waals surface area contributed by atoms with Crippen LogP contribution >= 0.6 is 23.2 Å². The second kappa shape index (κ2) is 5.54. The molecule has 1 unspecified atom stereocenters. The molecular weight excluding hydrogens is 253 g/mol. The van der Waals surface area contributed by atoms with Crippen LogP contribution in [0.15, 0.2) is 48.5 Å². The quantitative estimate of drug-likeness (QED) is 0.889. The van der Waals surface area contributed by atoms with E-state index in [1.807, 2.05) is 48.5 Å². The smallest absolute Gasteiger partial charge is 0.0459 e. The lowest BCUT2D eigenvalue weighted by molar-refractivity contribution is 0.819. The van der Waals surface area contributed by atoms with E-state index in [0.29, 0.717) is 16.6 Å². The summed E-state index contributed by atoms with van der Waals surface area (Å²) in [5, 5.41) is 1.33. The van der Waals surface area contributed by atoms with E-state index in [2.05, 4.69) is 0 Å². The average Bonchev–Trinajstić information content (AvgIpc) is 2.35. The van der Waals surface area contributed by atoms with Crippen LogP contribution in [0, 0.1) is 0 Å². The molecule has 0 aliphatic carbocycles. The van der Waals surface area contributed by atoms with Crippen molar-refractivity contribution in [3.8, 4) is 0 Å². The molecule has 0 spiro atoms. The fraction of sp³-hybridized carbons (Fsp3) is 0.143. The zero-order valence-corrected chi connectivity index (χ0v) is 10.7. The summed E-state index contributed by atoms with van der Waals surface area (Å²) in [4.78, 5) is 0. The molecule has 2 aromatic rings. The Hall–Kier alpha value is -1.02. The SMILES string of the molecule is NCC(c1ccccc1)c1c(Cl)cccc1Cl. The number of hydrogen-bond acceptors (Lipinski definition) is 1. The van der Waals surface area contributed by atoms with Gasteiger partial charge in [-0.15, -0.1) is 0 Å². The minimum atomic E-state index is 0.0393. The Labute approximate surface area is 111 Å². The predicted octanol–water partition coefficient (Wildman–Crippen LogP) is 4.08. The summed E-state index contributed by atoms with van der Waals surface area (Å²) >= 11 is 12.4. The van der Waals surface area contributed by atoms with Crippen molar-refractivity contribution in [2.75, 3.05) is 6.54 Å². The molecule has 3 heteroatoms. The monoisotopic (exact) mass is 265 g/mol. The largest absolute Gasteiger partial charge is 0.330 e. The van der Waals surface area contributed by atoms with Crippen molar-refractivity contribution in [1.29, 1.82) is 0 Å². The van der Waals surface area contributed by atoms with Crippen LogP contribution in [-0.2, 0) is 0 Å². The van der Waals surface area contributed by atoms with Crippen molar-refractivity contribution in [2.24, 2.45) is 5.73 Å². The fourth-order valence-electron chi connectivity index (χ4n) is 1.95. The van der Waals surface area contributed by atoms with Crippen LogP contribution in [0.5, 0.6) is 0 Å². The average molecular weight is 266 g/mol. The lowest BCUT2D eigenvalue weighted by Crippen LogP contribution is -2.14. The summed E-state index contributed by atoms with van der Waals surface area (Å²) in [6.45, 7) is 0.480. The van der Waals surface area contributed by atoms with Crippen LogP contribution in [-0.4, -0.2) is 6.54 Å². The van der Waals surface area contributed by atoms with E-state index in [1.165, 1.54) is 0 Å². The van der Waals surface area contributed by atoms with Crippen molar-refractivity contribution in [2.45, 2.75) is 5.92 Å². The Morgan fingerprint density at radius 3 is 2.00 bits per heavy atom. The van der Waals surface area contributed by atoms with Gasteiger partial charge in [0.05, 0.1) is 0 Å². The minimum Gasteiger partial charge on any atom is -0.330 e. The normalized spacial score (nSPS) is 12.4. The van der Waals surface area contributed by atoms with Crippen molar-refractivity contribution in [3.63, 3.8) is 0 Å². The summed E-state index contributed by atoms with van der Waals surface area (Å²) in [6, 6.07) is 15.6. The molecule has 0 radical (unpaired) electrons. The second-order valence-electron chi connectivity index (χ2n) is 3.83. The maximum Gasteiger partial charge on any atom is 0.0459 e. The molecule has 0 saturated carbocycles. The van der Waals surface area contributed by atoms with Crippen molar-refractivity contribution < 1.29 is 0 Å². The molecule has 0 aliphatic rings. The molecule has 0 aromatic heterocycles. The Morgan fingerprint density at radius 1 is 0.882 bits per heavy atom. The molecule has 2 N–H and O–H groups in total. The van der Waals surface area contributed by atoms with Gasteiger partial charge in [0, 0.05) is 22.5 Å². The van der Waals surface area contributed by atoms with E-state index in [0.717, 1.165) is 11.1 Å². The first-order chi connectivity index (χ1) is 8.24. The van der Waals surface area contributed by atoms with Gasteiger partial charge in [0.2, 0.25) is 0 Å². The third kappa shape index (κ3) is 2.63. The first-order valence-corrected chi connectivity index (χ1v) is 6.18. The van der Waals surface area contributed by atoms with Crippen molar-refractivity contribution in [3.05, 3.63) is 69.7 Å². The number of rotatable bonds is 3. The van der Waals surface area contributed by atoms with Crippen molar-refractivity contribution in [1.82, 2.24) is 0 Å². The number of halogens is 2. The topological polar surface area (TPSA) is 26.0 Å². The minimum absolute atomic E-state index is 0.0393. The van der Waals surface area contributed by atoms with Crippen molar-refractivity contribution >= 4 is 23.2 Å². The molecule has 0 fully saturated rings. The molecule has 1 atom stereocenters. The molecule has 2 rings (SSSR count). The first kappa shape index (κ1) is 12.4. The van der Waals surface area contributed by atoms with Gasteiger partial charge in [0.1, 0.15) is 0 Å². The summed E-state index contributed by atoms with van der Waals surface area (Å²) in [7, 11) is 0. The van der Waals surface area contributed by atoms with Gasteiger partial charge in [-0.1, -0.05) is 59.6 Å². The van der Waals surface area contributed by atoms with E-state index in [4.69, 9.17) is 28.9 Å². The number of nitrogens with two attached hydrogens (primary N) is 1. The van der Waals surface area contributed by atoms with Gasteiger partial charge >= 0.3 is 0 Å². The van der Waals surface area contributed by atoms with Crippen LogP contribution in [0.4, 0.5) is 0 Å². The molecule has 0 saturated heterocycles. The van der Waals surface area contributed by atoms with Crippen LogP contribution < -0.4 is 5.73 Å². The molecule has 1 nitrogen and oxygen atoms in total. The lowest BCUT2D eigenvalue weighted by Gasteiger charge is -2.18. The van der Waals surface area contributed by atoms with Gasteiger partial charge in [0.15, 0.2) is 0 Å². The maximum absolute atomic E-state index is 6.21. The number of hydrogen-bond donors (Lipinski definition) is 1. The lowest BCUT2D eigenvalue weighted by atomic mass is 9.91. The standard InChI is InChI=1S/C14H13Cl2N/c15-12-7-4-8-13(16)14(12)11(9-17)10-5-2-1-3-6-10/h1-8,11H,9,17H2. The third-order valence-electron chi connectivity index (χ3n) is 2.79. The summed E-state index contributed by atoms with van der Waals surface area (Å²) in [6.07, 6.45) is 0. The number of benzene rings is 2. The Bertz CT molecular complexity index is 477. The maximum atomic E-state index is 6.21. The Morgan fingerprint density at radius 2 is 1.47 bits per heavy atom. The predicted molar refractivity (Wildman–Crippen MR) is 73.8 cm³/mol. The highest BCUT2D eigenvalue weighted by Gasteiger charge is 2.18. The van der Waals surface area contributed by atoms with E-state index < -0.39 is 0 Å². The zero-order chi connectivity index (χ0) is 12.3. The van der Waals surface area contributed by atoms with E-state index in [1.54, 1.807) is 0 Å². The molecule has 88 valence electrons. The van der Waals surface area contributed by atoms with E-state index in [-0.39, 0.29) is 5.92 Å². The fourth-order valence-corrected chi connectivity index (χ4v) is 2.61. The molecule has 0 bridgehead atoms. The summed E-state index contributed by atoms with van der Waals surface area (Å²) in [5.74, 6) is 0.0393. The van der Waals surface area contributed by atoms with Crippen LogP contribution in [0.3, 0.4) is 0 Å². The van der Waals surface area contributed by atoms with Gasteiger partial charge in [-0.05, 0) is 23.3 Å². The zero-order valence-electron chi connectivity index (χ0n) is 9.24. The summed E-state index contributed by atoms with van der Waals surface area (Å²) in [5.41, 5.74) is 7.89. The Balaban J connectivity index is 2.50. The third-order valence-corrected chi connectivity index (χ3v) is 3.44. The van der Waals surface area contributed by atoms with Gasteiger partial charge in [-0.3, -0.25) is 0 Å². The van der Waals surface area contributed by atoms with Crippen LogP contribution in [0.25, 0.3) is 0 Å². The molecule has 0 amide bonds. The van der Waals surface area contributed by atoms with Gasteiger partial charge in [0.25, 0.3) is 0 Å². The second-order valence-corrected chi connectivity index (χ2v) is 4.65. The van der Waals surface area contributed by atoms with Gasteiger partial charge in [-0.2, -0.15) is 0 Å². The van der Waals surface area contributed by atoms with E-state index in [9.17, 15) is 0 Å². The van der Waals surface area contributed by atoms with Gasteiger partial charge < -0.3 is 5.73 Å². The summed E-state index contributed by atoms with van der Waals surface area (Å²) < 4.78 is 0. The highest BCUT2D eigenvalue weighted by atomic mass is 35.5. The van der Waals surface area contributed by atoms with Crippen LogP contribution in [0.1, 0.15) is 17.0 Å². The highest BCUT2D eigenvalue weighted by Crippen LogP contribution is 2.34. The van der Waals surface area contributed by atoms with Gasteiger partial charge in [-0.25, -0.2) is 0 Å². The Kier molecular flexibility index (Phi) is 4.06. The molecule has 17 heavy (non-hydrogen) atoms. The molecular formula is C14H13Cl2N.